The maximum atomic E-state index is 13.2. The van der Waals surface area contributed by atoms with E-state index in [1.807, 2.05) is 13.8 Å². The molecular formula is C11H14BrFN2O. The third-order valence-electron chi connectivity index (χ3n) is 2.21. The van der Waals surface area contributed by atoms with Gasteiger partial charge in [0.15, 0.2) is 0 Å². The van der Waals surface area contributed by atoms with E-state index in [1.165, 1.54) is 12.1 Å². The first-order chi connectivity index (χ1) is 7.41. The molecule has 3 nitrogen and oxygen atoms in total. The van der Waals surface area contributed by atoms with Crippen LogP contribution in [0.3, 0.4) is 0 Å². The summed E-state index contributed by atoms with van der Waals surface area (Å²) in [5, 5.41) is 2.57. The molecule has 5 heteroatoms. The SMILES string of the molecule is CC(C)[C@@H](N)C(=O)Nc1ccc(Br)c(F)c1. The first kappa shape index (κ1) is 13.1. The van der Waals surface area contributed by atoms with Crippen molar-refractivity contribution in [2.24, 2.45) is 11.7 Å². The van der Waals surface area contributed by atoms with Crippen LogP contribution in [-0.4, -0.2) is 11.9 Å². The highest BCUT2D eigenvalue weighted by molar-refractivity contribution is 9.10. The van der Waals surface area contributed by atoms with Crippen molar-refractivity contribution in [3.05, 3.63) is 28.5 Å². The van der Waals surface area contributed by atoms with Gasteiger partial charge in [-0.15, -0.1) is 0 Å². The summed E-state index contributed by atoms with van der Waals surface area (Å²) >= 11 is 3.04. The molecule has 0 saturated heterocycles. The van der Waals surface area contributed by atoms with Gasteiger partial charge in [0.1, 0.15) is 5.82 Å². The number of hydrogen-bond donors (Lipinski definition) is 2. The van der Waals surface area contributed by atoms with Gasteiger partial charge in [-0.05, 0) is 40.0 Å². The number of benzene rings is 1. The Kier molecular flexibility index (Phi) is 4.44. The number of carbonyl (C=O) groups is 1. The standard InChI is InChI=1S/C11H14BrFN2O/c1-6(2)10(14)11(16)15-7-3-4-8(12)9(13)5-7/h3-6,10H,14H2,1-2H3,(H,15,16)/t10-/m1/s1. The van der Waals surface area contributed by atoms with Crippen LogP contribution in [0.2, 0.25) is 0 Å². The van der Waals surface area contributed by atoms with E-state index in [4.69, 9.17) is 5.73 Å². The lowest BCUT2D eigenvalue weighted by molar-refractivity contribution is -0.118. The molecule has 0 aliphatic heterocycles. The van der Waals surface area contributed by atoms with E-state index >= 15 is 0 Å². The van der Waals surface area contributed by atoms with Gasteiger partial charge in [0.25, 0.3) is 0 Å². The molecule has 0 aliphatic carbocycles. The van der Waals surface area contributed by atoms with E-state index in [2.05, 4.69) is 21.2 Å². The minimum atomic E-state index is -0.591. The summed E-state index contributed by atoms with van der Waals surface area (Å²) in [6.45, 7) is 3.71. The molecule has 1 amide bonds. The molecule has 3 N–H and O–H groups in total. The maximum absolute atomic E-state index is 13.2. The molecule has 1 rings (SSSR count). The molecule has 16 heavy (non-hydrogen) atoms. The fourth-order valence-electron chi connectivity index (χ4n) is 1.10. The van der Waals surface area contributed by atoms with Gasteiger partial charge in [-0.3, -0.25) is 4.79 Å². The number of hydrogen-bond acceptors (Lipinski definition) is 2. The van der Waals surface area contributed by atoms with Crippen molar-refractivity contribution in [1.82, 2.24) is 0 Å². The van der Waals surface area contributed by atoms with Crippen LogP contribution in [-0.2, 0) is 4.79 Å². The first-order valence-corrected chi connectivity index (χ1v) is 5.72. The summed E-state index contributed by atoms with van der Waals surface area (Å²) in [6, 6.07) is 3.80. The lowest BCUT2D eigenvalue weighted by Gasteiger charge is -2.15. The highest BCUT2D eigenvalue weighted by Gasteiger charge is 2.17. The van der Waals surface area contributed by atoms with E-state index < -0.39 is 11.9 Å². The van der Waals surface area contributed by atoms with Crippen LogP contribution in [0.5, 0.6) is 0 Å². The predicted octanol–water partition coefficient (Wildman–Crippen LogP) is 2.51. The third-order valence-corrected chi connectivity index (χ3v) is 2.85. The summed E-state index contributed by atoms with van der Waals surface area (Å²) in [6.07, 6.45) is 0. The van der Waals surface area contributed by atoms with Crippen molar-refractivity contribution in [2.45, 2.75) is 19.9 Å². The van der Waals surface area contributed by atoms with Crippen LogP contribution in [0.1, 0.15) is 13.8 Å². The fraction of sp³-hybridized carbons (Fsp3) is 0.364. The highest BCUT2D eigenvalue weighted by atomic mass is 79.9. The van der Waals surface area contributed by atoms with Gasteiger partial charge in [-0.25, -0.2) is 4.39 Å². The normalized spacial score (nSPS) is 12.6. The van der Waals surface area contributed by atoms with Gasteiger partial charge in [0, 0.05) is 5.69 Å². The predicted molar refractivity (Wildman–Crippen MR) is 65.5 cm³/mol. The van der Waals surface area contributed by atoms with Gasteiger partial charge in [0.05, 0.1) is 10.5 Å². The van der Waals surface area contributed by atoms with Crippen molar-refractivity contribution in [2.75, 3.05) is 5.32 Å². The van der Waals surface area contributed by atoms with Crippen molar-refractivity contribution >= 4 is 27.5 Å². The van der Waals surface area contributed by atoms with Gasteiger partial charge in [-0.1, -0.05) is 13.8 Å². The average Bonchev–Trinajstić information content (AvgIpc) is 2.22. The molecule has 0 spiro atoms. The Morgan fingerprint density at radius 3 is 2.62 bits per heavy atom. The van der Waals surface area contributed by atoms with Gasteiger partial charge in [0.2, 0.25) is 5.91 Å². The number of halogens is 2. The molecule has 88 valence electrons. The molecular weight excluding hydrogens is 275 g/mol. The van der Waals surface area contributed by atoms with Crippen molar-refractivity contribution in [3.8, 4) is 0 Å². The highest BCUT2D eigenvalue weighted by Crippen LogP contribution is 2.19. The Labute approximate surface area is 102 Å². The number of rotatable bonds is 3. The van der Waals surface area contributed by atoms with Crippen LogP contribution in [0.4, 0.5) is 10.1 Å². The van der Waals surface area contributed by atoms with Crippen LogP contribution in [0, 0.1) is 11.7 Å². The maximum Gasteiger partial charge on any atom is 0.241 e. The zero-order valence-electron chi connectivity index (χ0n) is 9.13. The van der Waals surface area contributed by atoms with E-state index in [-0.39, 0.29) is 11.8 Å². The minimum Gasteiger partial charge on any atom is -0.325 e. The molecule has 0 unspecified atom stereocenters. The summed E-state index contributed by atoms with van der Waals surface area (Å²) in [5.74, 6) is -0.687. The summed E-state index contributed by atoms with van der Waals surface area (Å²) in [5.41, 5.74) is 6.07. The number of amides is 1. The monoisotopic (exact) mass is 288 g/mol. The first-order valence-electron chi connectivity index (χ1n) is 4.93. The van der Waals surface area contributed by atoms with E-state index in [1.54, 1.807) is 6.07 Å². The molecule has 0 radical (unpaired) electrons. The molecule has 1 aromatic carbocycles. The quantitative estimate of drug-likeness (QED) is 0.898. The van der Waals surface area contributed by atoms with Gasteiger partial charge >= 0.3 is 0 Å². The molecule has 1 aromatic rings. The molecule has 1 atom stereocenters. The number of anilines is 1. The Balaban J connectivity index is 2.74. The smallest absolute Gasteiger partial charge is 0.241 e. The summed E-state index contributed by atoms with van der Waals surface area (Å²) < 4.78 is 13.5. The average molecular weight is 289 g/mol. The Bertz CT molecular complexity index is 396. The van der Waals surface area contributed by atoms with Crippen LogP contribution in [0.15, 0.2) is 22.7 Å². The zero-order chi connectivity index (χ0) is 12.3. The topological polar surface area (TPSA) is 55.1 Å². The van der Waals surface area contributed by atoms with E-state index in [0.717, 1.165) is 0 Å². The Morgan fingerprint density at radius 2 is 2.12 bits per heavy atom. The molecule has 0 aliphatic rings. The number of nitrogens with one attached hydrogen (secondary N) is 1. The van der Waals surface area contributed by atoms with Gasteiger partial charge in [-0.2, -0.15) is 0 Å². The summed E-state index contributed by atoms with van der Waals surface area (Å²) in [4.78, 5) is 11.6. The van der Waals surface area contributed by atoms with Crippen LogP contribution < -0.4 is 11.1 Å². The second-order valence-corrected chi connectivity index (χ2v) is 4.74. The Hall–Kier alpha value is -0.940. The van der Waals surface area contributed by atoms with E-state index in [0.29, 0.717) is 10.2 Å². The third kappa shape index (κ3) is 3.28. The molecule has 0 bridgehead atoms. The number of nitrogens with two attached hydrogens (primary N) is 1. The van der Waals surface area contributed by atoms with E-state index in [9.17, 15) is 9.18 Å². The summed E-state index contributed by atoms with van der Waals surface area (Å²) in [7, 11) is 0. The lowest BCUT2D eigenvalue weighted by atomic mass is 10.1. The lowest BCUT2D eigenvalue weighted by Crippen LogP contribution is -2.39. The molecule has 0 fully saturated rings. The van der Waals surface area contributed by atoms with Crippen molar-refractivity contribution < 1.29 is 9.18 Å². The minimum absolute atomic E-state index is 0.0419. The van der Waals surface area contributed by atoms with Crippen molar-refractivity contribution in [1.29, 1.82) is 0 Å². The van der Waals surface area contributed by atoms with Crippen LogP contribution >= 0.6 is 15.9 Å². The zero-order valence-corrected chi connectivity index (χ0v) is 10.7. The molecule has 0 aromatic heterocycles. The Morgan fingerprint density at radius 1 is 1.50 bits per heavy atom. The largest absolute Gasteiger partial charge is 0.325 e. The second-order valence-electron chi connectivity index (χ2n) is 3.89. The fourth-order valence-corrected chi connectivity index (χ4v) is 1.35. The molecule has 0 saturated carbocycles. The second kappa shape index (κ2) is 5.41. The molecule has 0 heterocycles. The van der Waals surface area contributed by atoms with Gasteiger partial charge < -0.3 is 11.1 Å². The number of carbonyl (C=O) groups excluding carboxylic acids is 1. The van der Waals surface area contributed by atoms with Crippen LogP contribution in [0.25, 0.3) is 0 Å². The van der Waals surface area contributed by atoms with Crippen molar-refractivity contribution in [3.63, 3.8) is 0 Å².